The van der Waals surface area contributed by atoms with Gasteiger partial charge in [-0.25, -0.2) is 0 Å². The molecule has 2 rings (SSSR count). The van der Waals surface area contributed by atoms with Gasteiger partial charge in [0.2, 0.25) is 0 Å². The van der Waals surface area contributed by atoms with Gasteiger partial charge in [-0.1, -0.05) is 80.3 Å². The van der Waals surface area contributed by atoms with Crippen LogP contribution in [0, 0.1) is 11.6 Å². The van der Waals surface area contributed by atoms with Crippen molar-refractivity contribution in [1.82, 2.24) is 4.90 Å². The minimum absolute atomic E-state index is 0.283. The van der Waals surface area contributed by atoms with Crippen LogP contribution >= 0.6 is 0 Å². The first-order chi connectivity index (χ1) is 10.5. The number of rotatable bonds is 4. The summed E-state index contributed by atoms with van der Waals surface area (Å²) in [5.74, 6) is 0. The van der Waals surface area contributed by atoms with Crippen molar-refractivity contribution < 1.29 is 0 Å². The molecule has 0 fully saturated rings. The summed E-state index contributed by atoms with van der Waals surface area (Å²) in [6.07, 6.45) is 0. The zero-order chi connectivity index (χ0) is 16.0. The van der Waals surface area contributed by atoms with Crippen LogP contribution in [0.25, 0.3) is 0 Å². The quantitative estimate of drug-likeness (QED) is 0.432. The Morgan fingerprint density at radius 1 is 0.909 bits per heavy atom. The van der Waals surface area contributed by atoms with Gasteiger partial charge >= 0.3 is 0 Å². The molecule has 0 radical (unpaired) electrons. The fraction of sp³-hybridized carbons (Fsp3) is 0.300. The van der Waals surface area contributed by atoms with Crippen LogP contribution in [0.1, 0.15) is 24.1 Å². The second kappa shape index (κ2) is 7.33. The van der Waals surface area contributed by atoms with Crippen molar-refractivity contribution >= 4 is 8.07 Å². The van der Waals surface area contributed by atoms with Crippen molar-refractivity contribution in [2.75, 3.05) is 0 Å². The fourth-order valence-corrected chi connectivity index (χ4v) is 2.68. The topological polar surface area (TPSA) is 3.24 Å². The highest BCUT2D eigenvalue weighted by Gasteiger charge is 2.15. The number of nitrogens with zero attached hydrogens (tertiary/aromatic N) is 1. The zero-order valence-electron chi connectivity index (χ0n) is 14.0. The summed E-state index contributed by atoms with van der Waals surface area (Å²) < 4.78 is 0. The van der Waals surface area contributed by atoms with Gasteiger partial charge in [0.05, 0.1) is 12.6 Å². The largest absolute Gasteiger partial charge is 0.322 e. The Morgan fingerprint density at radius 2 is 1.45 bits per heavy atom. The van der Waals surface area contributed by atoms with Gasteiger partial charge in [0.25, 0.3) is 0 Å². The summed E-state index contributed by atoms with van der Waals surface area (Å²) in [6, 6.07) is 24.9. The lowest BCUT2D eigenvalue weighted by atomic mass is 10.1. The van der Waals surface area contributed by atoms with Crippen LogP contribution in [0.2, 0.25) is 19.6 Å². The van der Waals surface area contributed by atoms with Crippen molar-refractivity contribution in [2.45, 2.75) is 39.2 Å². The maximum absolute atomic E-state index is 3.51. The summed E-state index contributed by atoms with van der Waals surface area (Å²) in [4.78, 5) is 2.27. The summed E-state index contributed by atoms with van der Waals surface area (Å²) in [5, 5.41) is 0. The molecule has 0 aliphatic carbocycles. The van der Waals surface area contributed by atoms with Gasteiger partial charge in [0, 0.05) is 6.04 Å². The van der Waals surface area contributed by atoms with E-state index < -0.39 is 8.07 Å². The second-order valence-electron chi connectivity index (χ2n) is 6.69. The highest BCUT2D eigenvalue weighted by molar-refractivity contribution is 6.83. The van der Waals surface area contributed by atoms with Gasteiger partial charge in [0.1, 0.15) is 8.07 Å². The van der Waals surface area contributed by atoms with Gasteiger partial charge in [-0.2, -0.15) is 0 Å². The third-order valence-corrected chi connectivity index (χ3v) is 4.38. The molecule has 0 aliphatic rings. The van der Waals surface area contributed by atoms with Gasteiger partial charge in [0.15, 0.2) is 0 Å². The van der Waals surface area contributed by atoms with E-state index in [1.807, 2.05) is 0 Å². The summed E-state index contributed by atoms with van der Waals surface area (Å²) in [6.45, 7) is 9.95. The molecule has 114 valence electrons. The molecule has 2 heteroatoms. The van der Waals surface area contributed by atoms with Gasteiger partial charge in [-0.05, 0) is 18.1 Å². The standard InChI is InChI=1S/C20H25NSi/c1-18(20-13-9-6-10-14-20)21(15-16-22(2,3)4)17-19-11-7-5-8-12-19/h5-14,18H,17H2,1-4H3/t18-/m0/s1. The normalized spacial score (nSPS) is 12.2. The third-order valence-electron chi connectivity index (χ3n) is 3.52. The molecule has 0 aromatic heterocycles. The summed E-state index contributed by atoms with van der Waals surface area (Å²) >= 11 is 0. The Bertz CT molecular complexity index is 632. The van der Waals surface area contributed by atoms with E-state index in [2.05, 4.69) is 104 Å². The molecule has 0 bridgehead atoms. The van der Waals surface area contributed by atoms with Crippen LogP contribution < -0.4 is 0 Å². The molecule has 0 amide bonds. The molecule has 1 nitrogen and oxygen atoms in total. The van der Waals surface area contributed by atoms with Gasteiger partial charge < -0.3 is 4.90 Å². The van der Waals surface area contributed by atoms with Crippen molar-refractivity contribution in [3.63, 3.8) is 0 Å². The van der Waals surface area contributed by atoms with Gasteiger partial charge in [-0.3, -0.25) is 0 Å². The van der Waals surface area contributed by atoms with Crippen molar-refractivity contribution in [1.29, 1.82) is 0 Å². The number of hydrogen-bond acceptors (Lipinski definition) is 1. The molecule has 2 aromatic rings. The lowest BCUT2D eigenvalue weighted by molar-refractivity contribution is 0.310. The smallest absolute Gasteiger partial charge is 0.131 e. The van der Waals surface area contributed by atoms with Crippen molar-refractivity contribution in [2.24, 2.45) is 0 Å². The molecule has 0 unspecified atom stereocenters. The molecular weight excluding hydrogens is 282 g/mol. The molecule has 2 aromatic carbocycles. The van der Waals surface area contributed by atoms with Crippen molar-refractivity contribution in [3.8, 4) is 11.6 Å². The van der Waals surface area contributed by atoms with E-state index in [0.717, 1.165) is 6.54 Å². The number of benzene rings is 2. The van der Waals surface area contributed by atoms with E-state index in [1.165, 1.54) is 11.1 Å². The predicted molar refractivity (Wildman–Crippen MR) is 98.0 cm³/mol. The summed E-state index contributed by atoms with van der Waals surface area (Å²) in [7, 11) is -1.39. The zero-order valence-corrected chi connectivity index (χ0v) is 15.0. The average Bonchev–Trinajstić information content (AvgIpc) is 2.52. The Hall–Kier alpha value is -1.98. The number of hydrogen-bond donors (Lipinski definition) is 0. The van der Waals surface area contributed by atoms with Gasteiger partial charge in [-0.15, -0.1) is 5.54 Å². The maximum Gasteiger partial charge on any atom is 0.131 e. The van der Waals surface area contributed by atoms with E-state index in [-0.39, 0.29) is 6.04 Å². The molecular formula is C20H25NSi. The van der Waals surface area contributed by atoms with Crippen LogP contribution in [0.3, 0.4) is 0 Å². The van der Waals surface area contributed by atoms with Crippen LogP contribution in [0.4, 0.5) is 0 Å². The van der Waals surface area contributed by atoms with E-state index in [9.17, 15) is 0 Å². The molecule has 0 aliphatic heterocycles. The predicted octanol–water partition coefficient (Wildman–Crippen LogP) is 5.09. The molecule has 1 atom stereocenters. The first-order valence-electron chi connectivity index (χ1n) is 7.84. The van der Waals surface area contributed by atoms with E-state index >= 15 is 0 Å². The van der Waals surface area contributed by atoms with E-state index in [4.69, 9.17) is 0 Å². The molecule has 0 spiro atoms. The Balaban J connectivity index is 2.26. The monoisotopic (exact) mass is 307 g/mol. The lowest BCUT2D eigenvalue weighted by Gasteiger charge is -2.26. The summed E-state index contributed by atoms with van der Waals surface area (Å²) in [5.41, 5.74) is 6.12. The van der Waals surface area contributed by atoms with E-state index in [0.29, 0.717) is 0 Å². The minimum Gasteiger partial charge on any atom is -0.322 e. The highest BCUT2D eigenvalue weighted by atomic mass is 28.3. The first-order valence-corrected chi connectivity index (χ1v) is 11.3. The fourth-order valence-electron chi connectivity index (χ4n) is 2.20. The molecule has 0 saturated carbocycles. The Morgan fingerprint density at radius 3 is 2.00 bits per heavy atom. The SMILES string of the molecule is C[C@@H](c1ccccc1)N(C#C[Si](C)(C)C)Cc1ccccc1. The first kappa shape index (κ1) is 16.4. The lowest BCUT2D eigenvalue weighted by Crippen LogP contribution is -2.24. The molecule has 0 heterocycles. The van der Waals surface area contributed by atoms with E-state index in [1.54, 1.807) is 0 Å². The average molecular weight is 308 g/mol. The third kappa shape index (κ3) is 5.09. The Labute approximate surface area is 136 Å². The van der Waals surface area contributed by atoms with Crippen LogP contribution in [-0.2, 0) is 6.54 Å². The molecule has 0 saturated heterocycles. The van der Waals surface area contributed by atoms with Crippen molar-refractivity contribution in [3.05, 3.63) is 71.8 Å². The van der Waals surface area contributed by atoms with Crippen LogP contribution in [0.5, 0.6) is 0 Å². The Kier molecular flexibility index (Phi) is 5.46. The van der Waals surface area contributed by atoms with Crippen LogP contribution in [0.15, 0.2) is 60.7 Å². The minimum atomic E-state index is -1.39. The maximum atomic E-state index is 3.51. The molecule has 22 heavy (non-hydrogen) atoms. The second-order valence-corrected chi connectivity index (χ2v) is 11.4. The van der Waals surface area contributed by atoms with Crippen LogP contribution in [-0.4, -0.2) is 13.0 Å². The molecule has 0 N–H and O–H groups in total. The highest BCUT2D eigenvalue weighted by Crippen LogP contribution is 2.21.